The van der Waals surface area contributed by atoms with Crippen molar-refractivity contribution in [3.8, 4) is 17.5 Å². The summed E-state index contributed by atoms with van der Waals surface area (Å²) in [5.41, 5.74) is 0.225. The maximum atomic E-state index is 13.5. The predicted octanol–water partition coefficient (Wildman–Crippen LogP) is 2.33. The van der Waals surface area contributed by atoms with E-state index in [2.05, 4.69) is 10.1 Å². The lowest BCUT2D eigenvalue weighted by Gasteiger charge is -1.98. The van der Waals surface area contributed by atoms with Crippen molar-refractivity contribution in [1.29, 1.82) is 5.26 Å². The zero-order valence-electron chi connectivity index (χ0n) is 10.4. The normalized spacial score (nSPS) is 10.4. The van der Waals surface area contributed by atoms with E-state index < -0.39 is 5.82 Å². The Morgan fingerprint density at radius 3 is 3.05 bits per heavy atom. The van der Waals surface area contributed by atoms with Gasteiger partial charge in [0.05, 0.1) is 5.56 Å². The SMILES string of the molecule is COCCCc1noc(-c2cccc(F)c2C#N)n1. The van der Waals surface area contributed by atoms with Gasteiger partial charge >= 0.3 is 0 Å². The van der Waals surface area contributed by atoms with Gasteiger partial charge in [-0.25, -0.2) is 4.39 Å². The van der Waals surface area contributed by atoms with Crippen LogP contribution in [0, 0.1) is 17.1 Å². The number of rotatable bonds is 5. The number of hydrogen-bond acceptors (Lipinski definition) is 5. The third-order valence-corrected chi connectivity index (χ3v) is 2.57. The smallest absolute Gasteiger partial charge is 0.259 e. The molecule has 0 spiro atoms. The Morgan fingerprint density at radius 2 is 2.32 bits per heavy atom. The molecule has 5 nitrogen and oxygen atoms in total. The maximum Gasteiger partial charge on any atom is 0.259 e. The van der Waals surface area contributed by atoms with Gasteiger partial charge < -0.3 is 9.26 Å². The lowest BCUT2D eigenvalue weighted by Crippen LogP contribution is -1.94. The van der Waals surface area contributed by atoms with Crippen LogP contribution in [0.5, 0.6) is 0 Å². The Morgan fingerprint density at radius 1 is 1.47 bits per heavy atom. The van der Waals surface area contributed by atoms with E-state index >= 15 is 0 Å². The Hall–Kier alpha value is -2.26. The molecule has 0 N–H and O–H groups in total. The highest BCUT2D eigenvalue weighted by Gasteiger charge is 2.15. The maximum absolute atomic E-state index is 13.5. The molecule has 0 amide bonds. The number of hydrogen-bond donors (Lipinski definition) is 0. The number of aryl methyl sites for hydroxylation is 1. The summed E-state index contributed by atoms with van der Waals surface area (Å²) in [6.07, 6.45) is 1.37. The average Bonchev–Trinajstić information content (AvgIpc) is 2.87. The fourth-order valence-corrected chi connectivity index (χ4v) is 1.66. The van der Waals surface area contributed by atoms with E-state index in [4.69, 9.17) is 14.5 Å². The number of methoxy groups -OCH3 is 1. The monoisotopic (exact) mass is 261 g/mol. The second-order valence-corrected chi connectivity index (χ2v) is 3.89. The number of benzene rings is 1. The molecule has 1 aromatic carbocycles. The molecule has 2 rings (SSSR count). The van der Waals surface area contributed by atoms with Crippen molar-refractivity contribution in [1.82, 2.24) is 10.1 Å². The van der Waals surface area contributed by atoms with Crippen molar-refractivity contribution in [3.05, 3.63) is 35.4 Å². The molecule has 0 saturated heterocycles. The van der Waals surface area contributed by atoms with Crippen molar-refractivity contribution in [3.63, 3.8) is 0 Å². The van der Waals surface area contributed by atoms with E-state index in [-0.39, 0.29) is 11.5 Å². The van der Waals surface area contributed by atoms with Crippen LogP contribution in [-0.4, -0.2) is 23.9 Å². The summed E-state index contributed by atoms with van der Waals surface area (Å²) in [6.45, 7) is 0.604. The van der Waals surface area contributed by atoms with Crippen LogP contribution in [0.15, 0.2) is 22.7 Å². The van der Waals surface area contributed by atoms with Gasteiger partial charge in [-0.15, -0.1) is 0 Å². The van der Waals surface area contributed by atoms with Gasteiger partial charge in [0.15, 0.2) is 5.82 Å². The molecule has 0 aliphatic carbocycles. The highest BCUT2D eigenvalue weighted by Crippen LogP contribution is 2.23. The van der Waals surface area contributed by atoms with E-state index in [1.165, 1.54) is 12.1 Å². The molecule has 6 heteroatoms. The highest BCUT2D eigenvalue weighted by atomic mass is 19.1. The van der Waals surface area contributed by atoms with Crippen LogP contribution in [-0.2, 0) is 11.2 Å². The molecule has 0 unspecified atom stereocenters. The standard InChI is InChI=1S/C13H12FN3O2/c1-18-7-3-6-12-16-13(19-17-12)9-4-2-5-11(14)10(9)8-15/h2,4-5H,3,6-7H2,1H3. The first-order valence-electron chi connectivity index (χ1n) is 5.76. The molecule has 0 fully saturated rings. The van der Waals surface area contributed by atoms with Gasteiger partial charge in [0.25, 0.3) is 5.89 Å². The van der Waals surface area contributed by atoms with Gasteiger partial charge in [-0.3, -0.25) is 0 Å². The van der Waals surface area contributed by atoms with E-state index in [0.29, 0.717) is 24.4 Å². The van der Waals surface area contributed by atoms with Crippen LogP contribution in [0.1, 0.15) is 17.8 Å². The van der Waals surface area contributed by atoms with E-state index in [1.807, 2.05) is 0 Å². The summed E-state index contributed by atoms with van der Waals surface area (Å²) in [6, 6.07) is 6.10. The van der Waals surface area contributed by atoms with Crippen molar-refractivity contribution in [2.24, 2.45) is 0 Å². The molecular weight excluding hydrogens is 249 g/mol. The second-order valence-electron chi connectivity index (χ2n) is 3.89. The predicted molar refractivity (Wildman–Crippen MR) is 64.6 cm³/mol. The van der Waals surface area contributed by atoms with E-state index in [1.54, 1.807) is 19.2 Å². The van der Waals surface area contributed by atoms with Gasteiger partial charge in [0.2, 0.25) is 0 Å². The number of ether oxygens (including phenoxy) is 1. The minimum Gasteiger partial charge on any atom is -0.385 e. The summed E-state index contributed by atoms with van der Waals surface area (Å²) in [5, 5.41) is 12.7. The zero-order valence-corrected chi connectivity index (χ0v) is 10.4. The fraction of sp³-hybridized carbons (Fsp3) is 0.308. The quantitative estimate of drug-likeness (QED) is 0.772. The molecular formula is C13H12FN3O2. The van der Waals surface area contributed by atoms with Crippen LogP contribution >= 0.6 is 0 Å². The van der Waals surface area contributed by atoms with Crippen LogP contribution in [0.3, 0.4) is 0 Å². The molecule has 98 valence electrons. The third-order valence-electron chi connectivity index (χ3n) is 2.57. The molecule has 0 aliphatic rings. The number of nitriles is 1. The molecule has 0 radical (unpaired) electrons. The number of nitrogens with zero attached hydrogens (tertiary/aromatic N) is 3. The van der Waals surface area contributed by atoms with Crippen molar-refractivity contribution >= 4 is 0 Å². The van der Waals surface area contributed by atoms with Gasteiger partial charge in [0.1, 0.15) is 17.4 Å². The molecule has 0 atom stereocenters. The van der Waals surface area contributed by atoms with Crippen molar-refractivity contribution in [2.75, 3.05) is 13.7 Å². The molecule has 0 aliphatic heterocycles. The Kier molecular flexibility index (Phi) is 4.21. The second kappa shape index (κ2) is 6.07. The van der Waals surface area contributed by atoms with Crippen LogP contribution in [0.25, 0.3) is 11.5 Å². The van der Waals surface area contributed by atoms with Gasteiger partial charge in [-0.2, -0.15) is 10.2 Å². The molecule has 0 saturated carbocycles. The first-order chi connectivity index (χ1) is 9.26. The van der Waals surface area contributed by atoms with Crippen LogP contribution in [0.2, 0.25) is 0 Å². The minimum absolute atomic E-state index is 0.0883. The van der Waals surface area contributed by atoms with Gasteiger partial charge in [-0.05, 0) is 18.6 Å². The summed E-state index contributed by atoms with van der Waals surface area (Å²) < 4.78 is 23.5. The lowest BCUT2D eigenvalue weighted by atomic mass is 10.1. The first kappa shape index (κ1) is 13.2. The first-order valence-corrected chi connectivity index (χ1v) is 5.76. The molecule has 1 aromatic heterocycles. The Labute approximate surface area is 109 Å². The zero-order chi connectivity index (χ0) is 13.7. The summed E-state index contributed by atoms with van der Waals surface area (Å²) in [4.78, 5) is 4.15. The average molecular weight is 261 g/mol. The van der Waals surface area contributed by atoms with Crippen molar-refractivity contribution < 1.29 is 13.7 Å². The third kappa shape index (κ3) is 2.95. The summed E-state index contributed by atoms with van der Waals surface area (Å²) in [7, 11) is 1.62. The largest absolute Gasteiger partial charge is 0.385 e. The van der Waals surface area contributed by atoms with Gasteiger partial charge in [-0.1, -0.05) is 11.2 Å². The lowest BCUT2D eigenvalue weighted by molar-refractivity contribution is 0.194. The van der Waals surface area contributed by atoms with Crippen LogP contribution < -0.4 is 0 Å². The van der Waals surface area contributed by atoms with Crippen LogP contribution in [0.4, 0.5) is 4.39 Å². The number of halogens is 1. The number of aromatic nitrogens is 2. The minimum atomic E-state index is -0.598. The summed E-state index contributed by atoms with van der Waals surface area (Å²) in [5.74, 6) is 0.0720. The van der Waals surface area contributed by atoms with Crippen molar-refractivity contribution in [2.45, 2.75) is 12.8 Å². The highest BCUT2D eigenvalue weighted by molar-refractivity contribution is 5.63. The Bertz CT molecular complexity index is 604. The molecule has 0 bridgehead atoms. The molecule has 1 heterocycles. The topological polar surface area (TPSA) is 71.9 Å². The molecule has 19 heavy (non-hydrogen) atoms. The molecule has 2 aromatic rings. The summed E-state index contributed by atoms with van der Waals surface area (Å²) >= 11 is 0. The van der Waals surface area contributed by atoms with E-state index in [0.717, 1.165) is 6.42 Å². The van der Waals surface area contributed by atoms with E-state index in [9.17, 15) is 4.39 Å². The van der Waals surface area contributed by atoms with Gasteiger partial charge in [0, 0.05) is 20.1 Å². The Balaban J connectivity index is 2.24. The fourth-order valence-electron chi connectivity index (χ4n) is 1.66.